The molecule has 5 heteroatoms. The van der Waals surface area contributed by atoms with Crippen LogP contribution in [0.1, 0.15) is 70.6 Å². The first kappa shape index (κ1) is 16.3. The first-order valence-corrected chi connectivity index (χ1v) is 9.47. The molecule has 132 valence electrons. The van der Waals surface area contributed by atoms with E-state index >= 15 is 0 Å². The van der Waals surface area contributed by atoms with Gasteiger partial charge in [0.1, 0.15) is 0 Å². The molecule has 1 spiro atoms. The quantitative estimate of drug-likeness (QED) is 0.776. The Morgan fingerprint density at radius 1 is 1.04 bits per heavy atom. The van der Waals surface area contributed by atoms with Gasteiger partial charge in [-0.15, -0.1) is 0 Å². The molecule has 2 heterocycles. The molecule has 2 aliphatic carbocycles. The maximum atomic E-state index is 10.7. The lowest BCUT2D eigenvalue weighted by atomic mass is 9.77. The molecule has 23 heavy (non-hydrogen) atoms. The second-order valence-electron chi connectivity index (χ2n) is 7.96. The van der Waals surface area contributed by atoms with Crippen molar-refractivity contribution in [3.05, 3.63) is 0 Å². The predicted molar refractivity (Wildman–Crippen MR) is 84.0 cm³/mol. The molecule has 0 aromatic rings. The van der Waals surface area contributed by atoms with Crippen LogP contribution < -0.4 is 0 Å². The van der Waals surface area contributed by atoms with Crippen LogP contribution in [-0.2, 0) is 14.2 Å². The van der Waals surface area contributed by atoms with E-state index in [1.807, 2.05) is 0 Å². The van der Waals surface area contributed by atoms with Crippen LogP contribution in [0.4, 0.5) is 0 Å². The molecule has 0 radical (unpaired) electrons. The van der Waals surface area contributed by atoms with Crippen molar-refractivity contribution in [2.45, 2.75) is 106 Å². The van der Waals surface area contributed by atoms with E-state index in [0.717, 1.165) is 64.2 Å². The molecule has 0 aromatic carbocycles. The molecular weight excluding hydrogens is 296 g/mol. The molecule has 4 fully saturated rings. The summed E-state index contributed by atoms with van der Waals surface area (Å²) in [5.74, 6) is -0.940. The molecule has 2 bridgehead atoms. The minimum Gasteiger partial charge on any atom is -0.396 e. The van der Waals surface area contributed by atoms with E-state index < -0.39 is 5.79 Å². The van der Waals surface area contributed by atoms with Crippen LogP contribution in [0.3, 0.4) is 0 Å². The largest absolute Gasteiger partial charge is 0.396 e. The van der Waals surface area contributed by atoms with Gasteiger partial charge in [-0.3, -0.25) is 0 Å². The van der Waals surface area contributed by atoms with E-state index in [1.54, 1.807) is 0 Å². The molecular formula is C18H30O5. The number of rotatable bonds is 4. The second-order valence-corrected chi connectivity index (χ2v) is 7.96. The molecule has 5 atom stereocenters. The molecule has 4 aliphatic rings. The topological polar surface area (TPSA) is 68.2 Å². The van der Waals surface area contributed by atoms with Crippen LogP contribution in [0.25, 0.3) is 0 Å². The zero-order chi connectivity index (χ0) is 15.9. The van der Waals surface area contributed by atoms with Gasteiger partial charge in [0, 0.05) is 25.9 Å². The first-order chi connectivity index (χ1) is 11.1. The highest BCUT2D eigenvalue weighted by Crippen LogP contribution is 2.51. The lowest BCUT2D eigenvalue weighted by Gasteiger charge is -2.44. The Kier molecular flexibility index (Phi) is 4.43. The van der Waals surface area contributed by atoms with E-state index in [0.29, 0.717) is 0 Å². The van der Waals surface area contributed by atoms with Crippen molar-refractivity contribution in [2.24, 2.45) is 0 Å². The maximum absolute atomic E-state index is 10.7. The van der Waals surface area contributed by atoms with Gasteiger partial charge in [-0.2, -0.15) is 0 Å². The minimum atomic E-state index is -0.940. The Labute approximate surface area is 138 Å². The van der Waals surface area contributed by atoms with Crippen LogP contribution in [0, 0.1) is 0 Å². The highest BCUT2D eigenvalue weighted by atomic mass is 16.7. The summed E-state index contributed by atoms with van der Waals surface area (Å²) in [6, 6.07) is 0. The van der Waals surface area contributed by atoms with Crippen molar-refractivity contribution < 1.29 is 24.4 Å². The summed E-state index contributed by atoms with van der Waals surface area (Å²) in [5, 5.41) is 19.9. The standard InChI is InChI=1S/C18H30O5/c19-11-7-13-4-5-16-17(22-13)10-6-14(15(12-17)21-16)23-18(20)8-2-1-3-9-18/h13-16,19-20H,1-12H2/t13-,14?,15-,16+,17+/m1/s1. The van der Waals surface area contributed by atoms with Crippen molar-refractivity contribution in [1.29, 1.82) is 0 Å². The zero-order valence-electron chi connectivity index (χ0n) is 13.9. The van der Waals surface area contributed by atoms with Gasteiger partial charge >= 0.3 is 0 Å². The Morgan fingerprint density at radius 3 is 2.65 bits per heavy atom. The number of fused-ring (bicyclic) bond motifs is 1. The summed E-state index contributed by atoms with van der Waals surface area (Å²) in [4.78, 5) is 0. The zero-order valence-corrected chi connectivity index (χ0v) is 13.9. The van der Waals surface area contributed by atoms with Gasteiger partial charge in [0.05, 0.1) is 30.0 Å². The number of ether oxygens (including phenoxy) is 3. The normalized spacial score (nSPS) is 45.7. The molecule has 5 nitrogen and oxygen atoms in total. The van der Waals surface area contributed by atoms with Crippen molar-refractivity contribution in [1.82, 2.24) is 0 Å². The van der Waals surface area contributed by atoms with Gasteiger partial charge in [-0.1, -0.05) is 6.42 Å². The Morgan fingerprint density at radius 2 is 1.87 bits per heavy atom. The summed E-state index contributed by atoms with van der Waals surface area (Å²) >= 11 is 0. The minimum absolute atomic E-state index is 0.00535. The molecule has 2 aliphatic heterocycles. The lowest BCUT2D eigenvalue weighted by molar-refractivity contribution is -0.264. The van der Waals surface area contributed by atoms with E-state index in [4.69, 9.17) is 14.2 Å². The number of aliphatic hydroxyl groups excluding tert-OH is 1. The van der Waals surface area contributed by atoms with Crippen LogP contribution >= 0.6 is 0 Å². The van der Waals surface area contributed by atoms with Gasteiger partial charge < -0.3 is 24.4 Å². The van der Waals surface area contributed by atoms with E-state index in [1.165, 1.54) is 6.42 Å². The number of aliphatic hydroxyl groups is 2. The molecule has 2 saturated carbocycles. The van der Waals surface area contributed by atoms with Gasteiger partial charge in [0.25, 0.3) is 0 Å². The smallest absolute Gasteiger partial charge is 0.165 e. The first-order valence-electron chi connectivity index (χ1n) is 9.47. The number of hydrogen-bond donors (Lipinski definition) is 2. The van der Waals surface area contributed by atoms with Gasteiger partial charge in [-0.05, 0) is 44.9 Å². The predicted octanol–water partition coefficient (Wildman–Crippen LogP) is 2.28. The third-order valence-corrected chi connectivity index (χ3v) is 6.35. The van der Waals surface area contributed by atoms with Crippen LogP contribution in [0.15, 0.2) is 0 Å². The molecule has 0 amide bonds. The van der Waals surface area contributed by atoms with E-state index in [-0.39, 0.29) is 36.6 Å². The van der Waals surface area contributed by atoms with Crippen molar-refractivity contribution in [3.8, 4) is 0 Å². The SMILES string of the molecule is OCC[C@H]1CC[C@@H]2O[C@@H]3C[C@]2(CCC3OC2(O)CCCCC2)O1. The summed E-state index contributed by atoms with van der Waals surface area (Å²) in [6.45, 7) is 0.189. The van der Waals surface area contributed by atoms with Crippen molar-refractivity contribution in [2.75, 3.05) is 6.61 Å². The Balaban J connectivity index is 1.41. The summed E-state index contributed by atoms with van der Waals surface area (Å²) in [5.41, 5.74) is -0.169. The Hall–Kier alpha value is -0.200. The highest BCUT2D eigenvalue weighted by Gasteiger charge is 2.58. The molecule has 2 N–H and O–H groups in total. The molecule has 1 unspecified atom stereocenters. The molecule has 2 saturated heterocycles. The van der Waals surface area contributed by atoms with E-state index in [9.17, 15) is 10.2 Å². The van der Waals surface area contributed by atoms with Crippen LogP contribution in [-0.4, -0.2) is 52.6 Å². The van der Waals surface area contributed by atoms with Crippen molar-refractivity contribution in [3.63, 3.8) is 0 Å². The average molecular weight is 326 g/mol. The summed E-state index contributed by atoms with van der Waals surface area (Å²) in [6.07, 6.45) is 10.6. The summed E-state index contributed by atoms with van der Waals surface area (Å²) < 4.78 is 18.8. The van der Waals surface area contributed by atoms with Gasteiger partial charge in [0.2, 0.25) is 0 Å². The monoisotopic (exact) mass is 326 g/mol. The average Bonchev–Trinajstić information content (AvgIpc) is 2.85. The number of hydrogen-bond acceptors (Lipinski definition) is 5. The van der Waals surface area contributed by atoms with Crippen molar-refractivity contribution >= 4 is 0 Å². The van der Waals surface area contributed by atoms with Gasteiger partial charge in [0.15, 0.2) is 5.79 Å². The third kappa shape index (κ3) is 3.07. The maximum Gasteiger partial charge on any atom is 0.165 e. The fourth-order valence-corrected chi connectivity index (χ4v) is 5.14. The fraction of sp³-hybridized carbons (Fsp3) is 1.00. The van der Waals surface area contributed by atoms with E-state index in [2.05, 4.69) is 0 Å². The van der Waals surface area contributed by atoms with Gasteiger partial charge in [-0.25, -0.2) is 0 Å². The molecule has 4 rings (SSSR count). The third-order valence-electron chi connectivity index (χ3n) is 6.35. The second kappa shape index (κ2) is 6.26. The Bertz CT molecular complexity index is 422. The lowest BCUT2D eigenvalue weighted by Crippen LogP contribution is -2.51. The fourth-order valence-electron chi connectivity index (χ4n) is 5.14. The van der Waals surface area contributed by atoms with Crippen LogP contribution in [0.5, 0.6) is 0 Å². The summed E-state index contributed by atoms with van der Waals surface area (Å²) in [7, 11) is 0. The van der Waals surface area contributed by atoms with Crippen LogP contribution in [0.2, 0.25) is 0 Å². The highest BCUT2D eigenvalue weighted by molar-refractivity contribution is 5.07. The molecule has 0 aromatic heterocycles.